The predicted octanol–water partition coefficient (Wildman–Crippen LogP) is -1.45. The number of hydrogen-bond acceptors (Lipinski definition) is 8. The van der Waals surface area contributed by atoms with Crippen LogP contribution in [-0.2, 0) is 6.54 Å². The minimum atomic E-state index is 0.0446. The summed E-state index contributed by atoms with van der Waals surface area (Å²) in [4.78, 5) is 15.1. The summed E-state index contributed by atoms with van der Waals surface area (Å²) in [7, 11) is 0. The van der Waals surface area contributed by atoms with Crippen LogP contribution in [-0.4, -0.2) is 29.7 Å². The Morgan fingerprint density at radius 2 is 1.94 bits per heavy atom. The van der Waals surface area contributed by atoms with Gasteiger partial charge < -0.3 is 11.5 Å². The first-order chi connectivity index (χ1) is 7.67. The molecule has 0 aromatic carbocycles. The zero-order valence-corrected chi connectivity index (χ0v) is 8.07. The lowest BCUT2D eigenvalue weighted by Crippen LogP contribution is -2.10. The second-order valence-electron chi connectivity index (χ2n) is 2.85. The maximum Gasteiger partial charge on any atom is 0.252 e. The van der Waals surface area contributed by atoms with Gasteiger partial charge in [-0.3, -0.25) is 0 Å². The van der Waals surface area contributed by atoms with E-state index in [1.165, 1.54) is 11.0 Å². The molecule has 4 N–H and O–H groups in total. The highest BCUT2D eigenvalue weighted by Gasteiger charge is 2.05. The summed E-state index contributed by atoms with van der Waals surface area (Å²) in [6.07, 6.45) is 1.40. The fourth-order valence-electron chi connectivity index (χ4n) is 1.09. The molecule has 9 nitrogen and oxygen atoms in total. The van der Waals surface area contributed by atoms with Gasteiger partial charge in [-0.1, -0.05) is 0 Å². The molecule has 2 rings (SSSR count). The van der Waals surface area contributed by atoms with Crippen molar-refractivity contribution in [1.29, 1.82) is 5.26 Å². The lowest BCUT2D eigenvalue weighted by Gasteiger charge is -2.01. The van der Waals surface area contributed by atoms with Crippen molar-refractivity contribution in [2.24, 2.45) is 0 Å². The van der Waals surface area contributed by atoms with Crippen molar-refractivity contribution in [3.63, 3.8) is 0 Å². The third-order valence-corrected chi connectivity index (χ3v) is 1.66. The molecule has 80 valence electrons. The Bertz CT molecular complexity index is 531. The van der Waals surface area contributed by atoms with E-state index in [0.717, 1.165) is 0 Å². The van der Waals surface area contributed by atoms with Crippen LogP contribution in [0.25, 0.3) is 0 Å². The third kappa shape index (κ3) is 2.01. The van der Waals surface area contributed by atoms with E-state index in [1.54, 1.807) is 0 Å². The molecule has 0 saturated heterocycles. The molecule has 16 heavy (non-hydrogen) atoms. The first-order valence-electron chi connectivity index (χ1n) is 4.23. The molecule has 0 aliphatic rings. The topological polar surface area (TPSA) is 145 Å². The summed E-state index contributed by atoms with van der Waals surface area (Å²) in [5.41, 5.74) is 10.8. The molecular formula is C7H7N9. The molecule has 2 aromatic heterocycles. The van der Waals surface area contributed by atoms with E-state index >= 15 is 0 Å². The van der Waals surface area contributed by atoms with Gasteiger partial charge in [0.15, 0.2) is 5.82 Å². The van der Waals surface area contributed by atoms with Gasteiger partial charge in [-0.25, -0.2) is 9.67 Å². The first-order valence-corrected chi connectivity index (χ1v) is 4.23. The second kappa shape index (κ2) is 3.77. The van der Waals surface area contributed by atoms with Crippen LogP contribution >= 0.6 is 0 Å². The van der Waals surface area contributed by atoms with E-state index in [9.17, 15) is 0 Å². The van der Waals surface area contributed by atoms with Crippen molar-refractivity contribution in [2.45, 2.75) is 6.54 Å². The van der Waals surface area contributed by atoms with Crippen LogP contribution in [0.1, 0.15) is 11.6 Å². The summed E-state index contributed by atoms with van der Waals surface area (Å²) < 4.78 is 1.41. The highest BCUT2D eigenvalue weighted by Crippen LogP contribution is 2.00. The lowest BCUT2D eigenvalue weighted by atomic mass is 10.6. The predicted molar refractivity (Wildman–Crippen MR) is 52.5 cm³/mol. The third-order valence-electron chi connectivity index (χ3n) is 1.66. The molecule has 0 atom stereocenters. The Hall–Kier alpha value is -2.76. The van der Waals surface area contributed by atoms with Crippen LogP contribution in [0.2, 0.25) is 0 Å². The molecule has 2 heterocycles. The molecule has 0 spiro atoms. The number of rotatable bonds is 2. The van der Waals surface area contributed by atoms with Crippen LogP contribution < -0.4 is 11.5 Å². The van der Waals surface area contributed by atoms with E-state index < -0.39 is 0 Å². The van der Waals surface area contributed by atoms with E-state index in [0.29, 0.717) is 5.82 Å². The van der Waals surface area contributed by atoms with Crippen molar-refractivity contribution in [2.75, 3.05) is 11.5 Å². The molecule has 0 saturated carbocycles. The summed E-state index contributed by atoms with van der Waals surface area (Å²) in [6, 6.07) is 1.81. The van der Waals surface area contributed by atoms with Gasteiger partial charge in [0.25, 0.3) is 5.82 Å². The van der Waals surface area contributed by atoms with Gasteiger partial charge in [-0.2, -0.15) is 20.2 Å². The summed E-state index contributed by atoms with van der Waals surface area (Å²) in [5, 5.41) is 12.4. The molecule has 9 heteroatoms. The van der Waals surface area contributed by atoms with Crippen LogP contribution in [0, 0.1) is 11.3 Å². The number of nitrogens with zero attached hydrogens (tertiary/aromatic N) is 7. The maximum atomic E-state index is 8.54. The minimum Gasteiger partial charge on any atom is -0.368 e. The number of hydrogen-bond donors (Lipinski definition) is 2. The van der Waals surface area contributed by atoms with E-state index in [4.69, 9.17) is 16.7 Å². The van der Waals surface area contributed by atoms with Gasteiger partial charge in [0.05, 0.1) is 0 Å². The Labute approximate surface area is 89.8 Å². The second-order valence-corrected chi connectivity index (χ2v) is 2.85. The molecule has 0 fully saturated rings. The smallest absolute Gasteiger partial charge is 0.252 e. The first kappa shape index (κ1) is 9.78. The zero-order chi connectivity index (χ0) is 11.5. The molecule has 0 amide bonds. The molecule has 2 aromatic rings. The Kier molecular flexibility index (Phi) is 2.31. The number of nitrogens with two attached hydrogens (primary N) is 2. The fourth-order valence-corrected chi connectivity index (χ4v) is 1.09. The largest absolute Gasteiger partial charge is 0.368 e. The highest BCUT2D eigenvalue weighted by atomic mass is 15.3. The number of aromatic nitrogens is 6. The molecule has 0 aliphatic carbocycles. The quantitative estimate of drug-likeness (QED) is 0.621. The van der Waals surface area contributed by atoms with Gasteiger partial charge in [0.2, 0.25) is 11.9 Å². The fraction of sp³-hybridized carbons (Fsp3) is 0.143. The highest BCUT2D eigenvalue weighted by molar-refractivity contribution is 5.25. The summed E-state index contributed by atoms with van der Waals surface area (Å²) in [5.74, 6) is 0.528. The van der Waals surface area contributed by atoms with Gasteiger partial charge in [0, 0.05) is 0 Å². The van der Waals surface area contributed by atoms with E-state index in [2.05, 4.69) is 25.0 Å². The van der Waals surface area contributed by atoms with Crippen molar-refractivity contribution in [3.8, 4) is 6.07 Å². The number of anilines is 2. The summed E-state index contributed by atoms with van der Waals surface area (Å²) in [6.45, 7) is 0.228. The number of nitriles is 1. The van der Waals surface area contributed by atoms with Crippen molar-refractivity contribution in [1.82, 2.24) is 29.7 Å². The molecule has 0 radical (unpaired) electrons. The molecule has 0 bridgehead atoms. The normalized spacial score (nSPS) is 9.94. The average molecular weight is 217 g/mol. The van der Waals surface area contributed by atoms with Gasteiger partial charge in [0.1, 0.15) is 18.9 Å². The maximum absolute atomic E-state index is 8.54. The average Bonchev–Trinajstić information content (AvgIpc) is 2.64. The minimum absolute atomic E-state index is 0.0446. The van der Waals surface area contributed by atoms with Crippen LogP contribution in [0.4, 0.5) is 11.9 Å². The van der Waals surface area contributed by atoms with Crippen molar-refractivity contribution >= 4 is 11.9 Å². The molecule has 0 aliphatic heterocycles. The SMILES string of the molecule is N#Cc1ncn(Cc2nc(N)nc(N)n2)n1. The van der Waals surface area contributed by atoms with Crippen molar-refractivity contribution < 1.29 is 0 Å². The standard InChI is InChI=1S/C7H7N9/c8-1-4-11-3-16(15-4)2-5-12-6(9)14-7(10)13-5/h3H,2H2,(H4,9,10,12,13,14). The lowest BCUT2D eigenvalue weighted by molar-refractivity contribution is 0.650. The zero-order valence-electron chi connectivity index (χ0n) is 8.07. The Morgan fingerprint density at radius 3 is 2.50 bits per heavy atom. The van der Waals surface area contributed by atoms with Crippen molar-refractivity contribution in [3.05, 3.63) is 18.0 Å². The Balaban J connectivity index is 2.23. The van der Waals surface area contributed by atoms with Gasteiger partial charge in [-0.15, -0.1) is 5.10 Å². The Morgan fingerprint density at radius 1 is 1.25 bits per heavy atom. The van der Waals surface area contributed by atoms with Gasteiger partial charge >= 0.3 is 0 Å². The van der Waals surface area contributed by atoms with Crippen LogP contribution in [0.5, 0.6) is 0 Å². The van der Waals surface area contributed by atoms with Crippen LogP contribution in [0.15, 0.2) is 6.33 Å². The molecular weight excluding hydrogens is 210 g/mol. The summed E-state index contributed by atoms with van der Waals surface area (Å²) >= 11 is 0. The molecule has 0 unspecified atom stereocenters. The van der Waals surface area contributed by atoms with E-state index in [1.807, 2.05) is 6.07 Å². The van der Waals surface area contributed by atoms with E-state index in [-0.39, 0.29) is 24.3 Å². The number of nitrogen functional groups attached to an aromatic ring is 2. The monoisotopic (exact) mass is 217 g/mol. The van der Waals surface area contributed by atoms with Gasteiger partial charge in [-0.05, 0) is 0 Å². The van der Waals surface area contributed by atoms with Crippen LogP contribution in [0.3, 0.4) is 0 Å².